The van der Waals surface area contributed by atoms with Crippen molar-refractivity contribution in [3.05, 3.63) is 42.0 Å². The van der Waals surface area contributed by atoms with E-state index in [0.717, 1.165) is 17.8 Å². The van der Waals surface area contributed by atoms with Crippen LogP contribution in [0.25, 0.3) is 0 Å². The molecule has 0 bridgehead atoms. The third-order valence-electron chi connectivity index (χ3n) is 2.86. The van der Waals surface area contributed by atoms with Crippen LogP contribution in [-0.4, -0.2) is 23.4 Å². The normalized spacial score (nSPS) is 11.7. The van der Waals surface area contributed by atoms with E-state index in [2.05, 4.69) is 5.10 Å². The van der Waals surface area contributed by atoms with E-state index in [1.807, 2.05) is 0 Å². The molecule has 0 spiro atoms. The summed E-state index contributed by atoms with van der Waals surface area (Å²) in [5.74, 6) is -1.28. The smallest absolute Gasteiger partial charge is 0.496 e. The minimum atomic E-state index is -5.31. The Labute approximate surface area is 113 Å². The highest BCUT2D eigenvalue weighted by molar-refractivity contribution is 6.74. The number of nitrogens with zero attached hydrogens (tertiary/aromatic N) is 2. The summed E-state index contributed by atoms with van der Waals surface area (Å²) < 4.78 is 58.1. The molecule has 2 rings (SSSR count). The quantitative estimate of drug-likeness (QED) is 0.623. The first-order chi connectivity index (χ1) is 9.38. The molecule has 20 heavy (non-hydrogen) atoms. The van der Waals surface area contributed by atoms with Gasteiger partial charge in [0, 0.05) is 25.4 Å². The van der Waals surface area contributed by atoms with Crippen LogP contribution < -0.4 is 10.2 Å². The molecule has 1 aromatic carbocycles. The van der Waals surface area contributed by atoms with E-state index in [4.69, 9.17) is 4.74 Å². The lowest BCUT2D eigenvalue weighted by atomic mass is 9.79. The van der Waals surface area contributed by atoms with Crippen molar-refractivity contribution >= 4 is 12.4 Å². The molecule has 0 aliphatic rings. The zero-order valence-corrected chi connectivity index (χ0v) is 10.7. The van der Waals surface area contributed by atoms with E-state index >= 15 is 0 Å². The minimum absolute atomic E-state index is 0.0598. The molecule has 2 aromatic rings. The van der Waals surface area contributed by atoms with Crippen molar-refractivity contribution in [2.24, 2.45) is 7.05 Å². The van der Waals surface area contributed by atoms with E-state index in [-0.39, 0.29) is 12.4 Å². The van der Waals surface area contributed by atoms with Gasteiger partial charge in [0.25, 0.3) is 0 Å². The van der Waals surface area contributed by atoms with E-state index in [1.165, 1.54) is 0 Å². The first-order valence-electron chi connectivity index (χ1n) is 5.97. The maximum absolute atomic E-state index is 12.9. The summed E-state index contributed by atoms with van der Waals surface area (Å²) in [5.41, 5.74) is -0.207. The predicted octanol–water partition coefficient (Wildman–Crippen LogP) is 2.24. The molecule has 108 valence electrons. The summed E-state index contributed by atoms with van der Waals surface area (Å²) >= 11 is 0. The Kier molecular flexibility index (Phi) is 4.01. The van der Waals surface area contributed by atoms with Crippen LogP contribution in [0.2, 0.25) is 0 Å². The SMILES string of the molecule is Cn1nccc1CCOc1ccc(F)cc1[B-](F)(F)F. The largest absolute Gasteiger partial charge is 0.513 e. The van der Waals surface area contributed by atoms with E-state index < -0.39 is 18.3 Å². The Hall–Kier alpha value is -1.99. The highest BCUT2D eigenvalue weighted by Gasteiger charge is 2.29. The monoisotopic (exact) mass is 287 g/mol. The molecular weight excluding hydrogens is 275 g/mol. The number of halogens is 4. The van der Waals surface area contributed by atoms with Crippen molar-refractivity contribution < 1.29 is 22.1 Å². The van der Waals surface area contributed by atoms with Crippen molar-refractivity contribution in [2.45, 2.75) is 6.42 Å². The number of aromatic nitrogens is 2. The van der Waals surface area contributed by atoms with Crippen LogP contribution in [-0.2, 0) is 13.5 Å². The van der Waals surface area contributed by atoms with Gasteiger partial charge in [-0.2, -0.15) is 5.10 Å². The Balaban J connectivity index is 2.08. The summed E-state index contributed by atoms with van der Waals surface area (Å²) in [6, 6.07) is 4.16. The molecule has 8 heteroatoms. The first-order valence-corrected chi connectivity index (χ1v) is 5.97. The van der Waals surface area contributed by atoms with Crippen LogP contribution in [0.3, 0.4) is 0 Å². The van der Waals surface area contributed by atoms with Crippen LogP contribution in [0.15, 0.2) is 30.5 Å². The molecule has 3 nitrogen and oxygen atoms in total. The standard InChI is InChI=1S/C12H12BF4N2O/c1-19-10(4-6-18-19)5-7-20-12-3-2-9(14)8-11(12)13(15,16)17/h2-4,6,8H,5,7H2,1H3/q-1. The predicted molar refractivity (Wildman–Crippen MR) is 67.5 cm³/mol. The van der Waals surface area contributed by atoms with Gasteiger partial charge >= 0.3 is 6.98 Å². The summed E-state index contributed by atoms with van der Waals surface area (Å²) in [5, 5.41) is 3.95. The van der Waals surface area contributed by atoms with Crippen LogP contribution in [0.5, 0.6) is 5.75 Å². The summed E-state index contributed by atoms with van der Waals surface area (Å²) in [7, 11) is 1.73. The van der Waals surface area contributed by atoms with E-state index in [9.17, 15) is 17.3 Å². The maximum Gasteiger partial charge on any atom is 0.513 e. The lowest BCUT2D eigenvalue weighted by molar-refractivity contribution is 0.318. The van der Waals surface area contributed by atoms with Gasteiger partial charge in [-0.15, -0.1) is 0 Å². The lowest BCUT2D eigenvalue weighted by Gasteiger charge is -2.19. The van der Waals surface area contributed by atoms with E-state index in [1.54, 1.807) is 24.0 Å². The highest BCUT2D eigenvalue weighted by atomic mass is 19.4. The van der Waals surface area contributed by atoms with Gasteiger partial charge in [0.1, 0.15) is 5.82 Å². The van der Waals surface area contributed by atoms with Crippen molar-refractivity contribution in [1.29, 1.82) is 0 Å². The molecule has 0 saturated heterocycles. The molecular formula is C12H12BF4N2O-. The fourth-order valence-electron chi connectivity index (χ4n) is 1.82. The highest BCUT2D eigenvalue weighted by Crippen LogP contribution is 2.19. The zero-order valence-electron chi connectivity index (χ0n) is 10.7. The number of hydrogen-bond acceptors (Lipinski definition) is 2. The molecule has 1 heterocycles. The van der Waals surface area contributed by atoms with Crippen molar-refractivity contribution in [3.8, 4) is 5.75 Å². The van der Waals surface area contributed by atoms with Gasteiger partial charge in [0.15, 0.2) is 0 Å². The molecule has 0 amide bonds. The number of hydrogen-bond donors (Lipinski definition) is 0. The van der Waals surface area contributed by atoms with E-state index in [0.29, 0.717) is 12.5 Å². The van der Waals surface area contributed by atoms with Gasteiger partial charge in [-0.25, -0.2) is 4.39 Å². The molecule has 0 atom stereocenters. The molecule has 0 aliphatic heterocycles. The van der Waals surface area contributed by atoms with Crippen LogP contribution in [0.4, 0.5) is 17.3 Å². The van der Waals surface area contributed by atoms with Crippen LogP contribution >= 0.6 is 0 Å². The summed E-state index contributed by atoms with van der Waals surface area (Å²) in [6.07, 6.45) is 2.01. The van der Waals surface area contributed by atoms with Gasteiger partial charge in [0.05, 0.1) is 12.4 Å². The summed E-state index contributed by atoms with van der Waals surface area (Å²) in [4.78, 5) is 0. The second-order valence-electron chi connectivity index (χ2n) is 4.30. The molecule has 0 saturated carbocycles. The number of ether oxygens (including phenoxy) is 1. The second kappa shape index (κ2) is 5.56. The average molecular weight is 287 g/mol. The van der Waals surface area contributed by atoms with Gasteiger partial charge in [0.2, 0.25) is 0 Å². The molecule has 0 N–H and O–H groups in total. The Morgan fingerprint density at radius 1 is 1.25 bits per heavy atom. The van der Waals surface area contributed by atoms with Gasteiger partial charge < -0.3 is 17.7 Å². The number of aryl methyl sites for hydroxylation is 1. The van der Waals surface area contributed by atoms with Crippen molar-refractivity contribution in [2.75, 3.05) is 6.61 Å². The fourth-order valence-corrected chi connectivity index (χ4v) is 1.82. The molecule has 0 fully saturated rings. The third-order valence-corrected chi connectivity index (χ3v) is 2.86. The average Bonchev–Trinajstić information content (AvgIpc) is 2.76. The third kappa shape index (κ3) is 3.31. The fraction of sp³-hybridized carbons (Fsp3) is 0.250. The van der Waals surface area contributed by atoms with Crippen LogP contribution in [0, 0.1) is 5.82 Å². The Bertz CT molecular complexity index is 597. The van der Waals surface area contributed by atoms with Crippen molar-refractivity contribution in [3.63, 3.8) is 0 Å². The second-order valence-corrected chi connectivity index (χ2v) is 4.30. The molecule has 1 aromatic heterocycles. The van der Waals surface area contributed by atoms with Crippen molar-refractivity contribution in [1.82, 2.24) is 9.78 Å². The molecule has 0 unspecified atom stereocenters. The Morgan fingerprint density at radius 2 is 2.00 bits per heavy atom. The Morgan fingerprint density at radius 3 is 2.60 bits per heavy atom. The van der Waals surface area contributed by atoms with Gasteiger partial charge in [-0.05, 0) is 24.3 Å². The van der Waals surface area contributed by atoms with Crippen LogP contribution in [0.1, 0.15) is 5.69 Å². The minimum Gasteiger partial charge on any atom is -0.496 e. The molecule has 0 radical (unpaired) electrons. The maximum atomic E-state index is 12.9. The first kappa shape index (κ1) is 14.4. The van der Waals surface area contributed by atoms with Gasteiger partial charge in [-0.3, -0.25) is 4.68 Å². The van der Waals surface area contributed by atoms with Gasteiger partial charge in [-0.1, -0.05) is 5.46 Å². The zero-order chi connectivity index (χ0) is 14.8. The molecule has 0 aliphatic carbocycles. The lowest BCUT2D eigenvalue weighted by Crippen LogP contribution is -2.36. The topological polar surface area (TPSA) is 27.1 Å². The number of rotatable bonds is 5. The number of benzene rings is 1. The summed E-state index contributed by atoms with van der Waals surface area (Å²) in [6.45, 7) is -5.25.